The van der Waals surface area contributed by atoms with Crippen LogP contribution in [0.1, 0.15) is 21.6 Å². The maximum Gasteiger partial charge on any atom is 0.270 e. The van der Waals surface area contributed by atoms with Crippen molar-refractivity contribution in [1.29, 1.82) is 0 Å². The van der Waals surface area contributed by atoms with Crippen molar-refractivity contribution in [3.63, 3.8) is 0 Å². The van der Waals surface area contributed by atoms with Gasteiger partial charge in [0.2, 0.25) is 0 Å². The van der Waals surface area contributed by atoms with E-state index >= 15 is 0 Å². The number of halogens is 1. The van der Waals surface area contributed by atoms with Crippen LogP contribution in [-0.2, 0) is 13.2 Å². The molecule has 0 aliphatic rings. The van der Waals surface area contributed by atoms with Crippen LogP contribution in [0.25, 0.3) is 5.69 Å². The highest BCUT2D eigenvalue weighted by Gasteiger charge is 2.13. The van der Waals surface area contributed by atoms with Crippen LogP contribution in [-0.4, -0.2) is 20.6 Å². The van der Waals surface area contributed by atoms with Gasteiger partial charge in [-0.2, -0.15) is 0 Å². The third kappa shape index (κ3) is 3.33. The fraction of sp³-hybridized carbons (Fsp3) is 0.111. The quantitative estimate of drug-likeness (QED) is 0.757. The summed E-state index contributed by atoms with van der Waals surface area (Å²) in [5, 5.41) is 11.9. The first-order valence-corrected chi connectivity index (χ1v) is 7.43. The number of amides is 1. The Hall–Kier alpha value is -2.99. The molecular weight excluding hydrogens is 309 g/mol. The van der Waals surface area contributed by atoms with Gasteiger partial charge in [-0.3, -0.25) is 9.36 Å². The molecule has 0 saturated heterocycles. The smallest absolute Gasteiger partial charge is 0.270 e. The Labute approximate surface area is 138 Å². The molecule has 1 amide bonds. The molecule has 2 N–H and O–H groups in total. The normalized spacial score (nSPS) is 10.6. The Bertz CT molecular complexity index is 846. The third-order valence-electron chi connectivity index (χ3n) is 3.64. The summed E-state index contributed by atoms with van der Waals surface area (Å²) < 4.78 is 15.1. The fourth-order valence-corrected chi connectivity index (χ4v) is 2.39. The molecule has 0 atom stereocenters. The molecule has 5 nitrogen and oxygen atoms in total. The van der Waals surface area contributed by atoms with Gasteiger partial charge in [0.25, 0.3) is 5.91 Å². The van der Waals surface area contributed by atoms with Crippen LogP contribution in [0.4, 0.5) is 4.39 Å². The highest BCUT2D eigenvalue weighted by Crippen LogP contribution is 2.12. The lowest BCUT2D eigenvalue weighted by atomic mass is 10.1. The van der Waals surface area contributed by atoms with Gasteiger partial charge in [0.1, 0.15) is 11.5 Å². The van der Waals surface area contributed by atoms with Gasteiger partial charge in [-0.05, 0) is 29.8 Å². The van der Waals surface area contributed by atoms with Crippen molar-refractivity contribution in [3.8, 4) is 5.69 Å². The van der Waals surface area contributed by atoms with Crippen LogP contribution in [0.15, 0.2) is 61.1 Å². The molecule has 0 bridgehead atoms. The number of carbonyl (C=O) groups excluding carboxylic acids is 1. The predicted octanol–water partition coefficient (Wildman–Crippen LogP) is 2.43. The number of rotatable bonds is 5. The molecule has 2 aromatic carbocycles. The zero-order chi connectivity index (χ0) is 16.9. The number of aliphatic hydroxyl groups is 1. The lowest BCUT2D eigenvalue weighted by Crippen LogP contribution is -2.25. The first kappa shape index (κ1) is 15.9. The van der Waals surface area contributed by atoms with Crippen molar-refractivity contribution >= 4 is 5.91 Å². The van der Waals surface area contributed by atoms with Gasteiger partial charge >= 0.3 is 0 Å². The summed E-state index contributed by atoms with van der Waals surface area (Å²) in [6.45, 7) is -0.152. The zero-order valence-corrected chi connectivity index (χ0v) is 12.8. The minimum Gasteiger partial charge on any atom is -0.392 e. The number of aromatic nitrogens is 2. The van der Waals surface area contributed by atoms with Gasteiger partial charge in [0.15, 0.2) is 0 Å². The van der Waals surface area contributed by atoms with Gasteiger partial charge in [-0.1, -0.05) is 24.3 Å². The second-order valence-electron chi connectivity index (χ2n) is 5.25. The Kier molecular flexibility index (Phi) is 4.67. The van der Waals surface area contributed by atoms with Gasteiger partial charge in [0, 0.05) is 17.8 Å². The molecule has 0 radical (unpaired) electrons. The Morgan fingerprint density at radius 1 is 1.21 bits per heavy atom. The number of para-hydroxylation sites is 1. The largest absolute Gasteiger partial charge is 0.392 e. The van der Waals surface area contributed by atoms with E-state index in [0.29, 0.717) is 11.3 Å². The molecule has 0 saturated carbocycles. The standard InChI is InChI=1S/C18H16FN3O2/c19-16-7-6-13(8-14(16)11-23)9-21-18(24)17-10-20-12-22(17)15-4-2-1-3-5-15/h1-8,10,12,23H,9,11H2,(H,21,24). The second-order valence-corrected chi connectivity index (χ2v) is 5.25. The summed E-state index contributed by atoms with van der Waals surface area (Å²) >= 11 is 0. The molecule has 1 aromatic heterocycles. The molecule has 0 fully saturated rings. The number of carbonyl (C=O) groups is 1. The maximum atomic E-state index is 13.4. The average molecular weight is 325 g/mol. The molecule has 122 valence electrons. The zero-order valence-electron chi connectivity index (χ0n) is 12.8. The number of nitrogens with zero attached hydrogens (tertiary/aromatic N) is 2. The van der Waals surface area contributed by atoms with Gasteiger partial charge < -0.3 is 10.4 Å². The summed E-state index contributed by atoms with van der Waals surface area (Å²) in [4.78, 5) is 16.4. The average Bonchev–Trinajstić information content (AvgIpc) is 3.11. The van der Waals surface area contributed by atoms with Crippen LogP contribution >= 0.6 is 0 Å². The summed E-state index contributed by atoms with van der Waals surface area (Å²) in [7, 11) is 0. The molecule has 0 unspecified atom stereocenters. The van der Waals surface area contributed by atoms with E-state index in [1.54, 1.807) is 17.0 Å². The second kappa shape index (κ2) is 7.06. The first-order chi connectivity index (χ1) is 11.7. The molecule has 6 heteroatoms. The molecule has 0 aliphatic carbocycles. The SMILES string of the molecule is O=C(NCc1ccc(F)c(CO)c1)c1cncn1-c1ccccc1. The number of aliphatic hydroxyl groups excluding tert-OH is 1. The van der Waals surface area contributed by atoms with E-state index in [-0.39, 0.29) is 24.6 Å². The lowest BCUT2D eigenvalue weighted by Gasteiger charge is -2.10. The van der Waals surface area contributed by atoms with E-state index in [1.807, 2.05) is 30.3 Å². The predicted molar refractivity (Wildman–Crippen MR) is 87.1 cm³/mol. The van der Waals surface area contributed by atoms with Crippen molar-refractivity contribution in [3.05, 3.63) is 83.7 Å². The number of benzene rings is 2. The fourth-order valence-electron chi connectivity index (χ4n) is 2.39. The minimum absolute atomic E-state index is 0.205. The third-order valence-corrected chi connectivity index (χ3v) is 3.64. The van der Waals surface area contributed by atoms with Crippen molar-refractivity contribution in [1.82, 2.24) is 14.9 Å². The van der Waals surface area contributed by atoms with Crippen LogP contribution in [0, 0.1) is 5.82 Å². The molecule has 1 heterocycles. The summed E-state index contributed by atoms with van der Waals surface area (Å²) in [6, 6.07) is 13.8. The highest BCUT2D eigenvalue weighted by molar-refractivity contribution is 5.92. The first-order valence-electron chi connectivity index (χ1n) is 7.43. The Morgan fingerprint density at radius 3 is 2.75 bits per heavy atom. The maximum absolute atomic E-state index is 13.4. The van der Waals surface area contributed by atoms with Crippen LogP contribution < -0.4 is 5.32 Å². The molecule has 3 rings (SSSR count). The van der Waals surface area contributed by atoms with E-state index in [4.69, 9.17) is 5.11 Å². The van der Waals surface area contributed by atoms with E-state index in [2.05, 4.69) is 10.3 Å². The van der Waals surface area contributed by atoms with E-state index in [1.165, 1.54) is 18.3 Å². The Balaban J connectivity index is 1.74. The van der Waals surface area contributed by atoms with Crippen molar-refractivity contribution in [2.45, 2.75) is 13.2 Å². The van der Waals surface area contributed by atoms with Gasteiger partial charge in [0.05, 0.1) is 19.1 Å². The number of nitrogens with one attached hydrogen (secondary N) is 1. The topological polar surface area (TPSA) is 67.2 Å². The van der Waals surface area contributed by atoms with Crippen LogP contribution in [0.5, 0.6) is 0 Å². The van der Waals surface area contributed by atoms with Crippen LogP contribution in [0.3, 0.4) is 0 Å². The lowest BCUT2D eigenvalue weighted by molar-refractivity contribution is 0.0944. The van der Waals surface area contributed by atoms with E-state index in [9.17, 15) is 9.18 Å². The molecule has 0 spiro atoms. The number of hydrogen-bond donors (Lipinski definition) is 2. The van der Waals surface area contributed by atoms with Crippen molar-refractivity contribution in [2.24, 2.45) is 0 Å². The molecule has 24 heavy (non-hydrogen) atoms. The minimum atomic E-state index is -0.463. The summed E-state index contributed by atoms with van der Waals surface area (Å²) in [6.07, 6.45) is 3.07. The van der Waals surface area contributed by atoms with Crippen molar-refractivity contribution < 1.29 is 14.3 Å². The summed E-state index contributed by atoms with van der Waals surface area (Å²) in [5.74, 6) is -0.749. The molecule has 3 aromatic rings. The number of imidazole rings is 1. The number of hydrogen-bond acceptors (Lipinski definition) is 3. The van der Waals surface area contributed by atoms with Crippen LogP contribution in [0.2, 0.25) is 0 Å². The molecule has 0 aliphatic heterocycles. The Morgan fingerprint density at radius 2 is 2.00 bits per heavy atom. The van der Waals surface area contributed by atoms with E-state index in [0.717, 1.165) is 5.69 Å². The molecular formula is C18H16FN3O2. The van der Waals surface area contributed by atoms with E-state index < -0.39 is 5.82 Å². The van der Waals surface area contributed by atoms with Crippen molar-refractivity contribution in [2.75, 3.05) is 0 Å². The monoisotopic (exact) mass is 325 g/mol. The summed E-state index contributed by atoms with van der Waals surface area (Å²) in [5.41, 5.74) is 2.16. The van der Waals surface area contributed by atoms with Gasteiger partial charge in [-0.15, -0.1) is 0 Å². The van der Waals surface area contributed by atoms with Gasteiger partial charge in [-0.25, -0.2) is 9.37 Å². The highest BCUT2D eigenvalue weighted by atomic mass is 19.1.